The van der Waals surface area contributed by atoms with Gasteiger partial charge in [0.05, 0.1) is 0 Å². The smallest absolute Gasteiger partial charge is 0.0186 e. The van der Waals surface area contributed by atoms with Crippen LogP contribution in [0.2, 0.25) is 0 Å². The van der Waals surface area contributed by atoms with E-state index < -0.39 is 0 Å². The molecule has 0 aromatic carbocycles. The standard InChI is InChI=1S/C15H29NS/c1-2-11-16-15(13-7-3-4-8-13)12-17-14-9-5-6-10-14/h13-16H,2-12H2,1H3. The highest BCUT2D eigenvalue weighted by atomic mass is 32.2. The maximum Gasteiger partial charge on any atom is 0.0186 e. The SMILES string of the molecule is CCCNC(CSC1CCCC1)C1CCCC1. The zero-order chi connectivity index (χ0) is 11.9. The van der Waals surface area contributed by atoms with Crippen LogP contribution < -0.4 is 5.32 Å². The summed E-state index contributed by atoms with van der Waals surface area (Å²) in [6, 6.07) is 0.808. The van der Waals surface area contributed by atoms with Gasteiger partial charge in [-0.15, -0.1) is 0 Å². The Balaban J connectivity index is 1.72. The van der Waals surface area contributed by atoms with Gasteiger partial charge in [0.25, 0.3) is 0 Å². The van der Waals surface area contributed by atoms with Gasteiger partial charge in [0.15, 0.2) is 0 Å². The number of nitrogens with one attached hydrogen (secondary N) is 1. The van der Waals surface area contributed by atoms with Crippen LogP contribution >= 0.6 is 11.8 Å². The summed E-state index contributed by atoms with van der Waals surface area (Å²) in [4.78, 5) is 0. The van der Waals surface area contributed by atoms with Crippen molar-refractivity contribution < 1.29 is 0 Å². The molecule has 2 heteroatoms. The first-order valence-corrected chi connectivity index (χ1v) is 8.80. The molecular weight excluding hydrogens is 226 g/mol. The molecule has 1 unspecified atom stereocenters. The van der Waals surface area contributed by atoms with Crippen LogP contribution in [0.15, 0.2) is 0 Å². The van der Waals surface area contributed by atoms with Crippen molar-refractivity contribution in [2.45, 2.75) is 76.0 Å². The summed E-state index contributed by atoms with van der Waals surface area (Å²) in [5.41, 5.74) is 0. The van der Waals surface area contributed by atoms with E-state index in [0.29, 0.717) is 0 Å². The molecule has 17 heavy (non-hydrogen) atoms. The Morgan fingerprint density at radius 1 is 1.06 bits per heavy atom. The van der Waals surface area contributed by atoms with Gasteiger partial charge in [-0.2, -0.15) is 11.8 Å². The molecule has 1 N–H and O–H groups in total. The molecule has 0 aromatic heterocycles. The van der Waals surface area contributed by atoms with Crippen molar-refractivity contribution in [3.63, 3.8) is 0 Å². The third-order valence-electron chi connectivity index (χ3n) is 4.44. The van der Waals surface area contributed by atoms with Crippen LogP contribution in [0.1, 0.15) is 64.7 Å². The molecule has 2 rings (SSSR count). The van der Waals surface area contributed by atoms with Crippen LogP contribution in [0.25, 0.3) is 0 Å². The quantitative estimate of drug-likeness (QED) is 0.731. The summed E-state index contributed by atoms with van der Waals surface area (Å²) in [6.07, 6.45) is 13.1. The fourth-order valence-electron chi connectivity index (χ4n) is 3.35. The van der Waals surface area contributed by atoms with Gasteiger partial charge in [-0.1, -0.05) is 32.6 Å². The second-order valence-corrected chi connectivity index (χ2v) is 7.18. The Kier molecular flexibility index (Phi) is 6.21. The largest absolute Gasteiger partial charge is 0.313 e. The van der Waals surface area contributed by atoms with Crippen molar-refractivity contribution in [3.05, 3.63) is 0 Å². The maximum absolute atomic E-state index is 3.81. The van der Waals surface area contributed by atoms with Gasteiger partial charge < -0.3 is 5.32 Å². The minimum absolute atomic E-state index is 0.808. The second-order valence-electron chi connectivity index (χ2n) is 5.84. The lowest BCUT2D eigenvalue weighted by atomic mass is 10.00. The molecule has 2 aliphatic rings. The zero-order valence-electron chi connectivity index (χ0n) is 11.4. The fraction of sp³-hybridized carbons (Fsp3) is 1.00. The van der Waals surface area contributed by atoms with Gasteiger partial charge in [-0.25, -0.2) is 0 Å². The summed E-state index contributed by atoms with van der Waals surface area (Å²) >= 11 is 2.27. The molecule has 1 atom stereocenters. The zero-order valence-corrected chi connectivity index (χ0v) is 12.2. The van der Waals surface area contributed by atoms with Gasteiger partial charge in [-0.05, 0) is 44.6 Å². The van der Waals surface area contributed by atoms with E-state index in [9.17, 15) is 0 Å². The summed E-state index contributed by atoms with van der Waals surface area (Å²) in [6.45, 7) is 3.50. The van der Waals surface area contributed by atoms with Crippen molar-refractivity contribution in [1.29, 1.82) is 0 Å². The first-order valence-electron chi connectivity index (χ1n) is 7.75. The van der Waals surface area contributed by atoms with E-state index in [-0.39, 0.29) is 0 Å². The molecule has 2 fully saturated rings. The fourth-order valence-corrected chi connectivity index (χ4v) is 4.88. The monoisotopic (exact) mass is 255 g/mol. The average molecular weight is 255 g/mol. The molecule has 0 amide bonds. The topological polar surface area (TPSA) is 12.0 Å². The summed E-state index contributed by atoms with van der Waals surface area (Å²) in [7, 11) is 0. The predicted molar refractivity (Wildman–Crippen MR) is 78.8 cm³/mol. The molecule has 100 valence electrons. The number of thioether (sulfide) groups is 1. The molecule has 0 spiro atoms. The summed E-state index contributed by atoms with van der Waals surface area (Å²) in [5.74, 6) is 2.35. The Labute approximate surface area is 112 Å². The molecule has 0 heterocycles. The van der Waals surface area contributed by atoms with Crippen molar-refractivity contribution in [2.75, 3.05) is 12.3 Å². The van der Waals surface area contributed by atoms with E-state index in [0.717, 1.165) is 17.2 Å². The van der Waals surface area contributed by atoms with Crippen LogP contribution in [0.3, 0.4) is 0 Å². The van der Waals surface area contributed by atoms with Crippen molar-refractivity contribution >= 4 is 11.8 Å². The van der Waals surface area contributed by atoms with E-state index in [1.165, 1.54) is 70.1 Å². The minimum Gasteiger partial charge on any atom is -0.313 e. The first-order chi connectivity index (χ1) is 8.40. The van der Waals surface area contributed by atoms with Gasteiger partial charge in [-0.3, -0.25) is 0 Å². The van der Waals surface area contributed by atoms with Crippen molar-refractivity contribution in [2.24, 2.45) is 5.92 Å². The van der Waals surface area contributed by atoms with Crippen LogP contribution in [0.4, 0.5) is 0 Å². The van der Waals surface area contributed by atoms with Crippen LogP contribution in [-0.2, 0) is 0 Å². The van der Waals surface area contributed by atoms with Gasteiger partial charge in [0, 0.05) is 17.0 Å². The average Bonchev–Trinajstić information content (AvgIpc) is 3.01. The lowest BCUT2D eigenvalue weighted by Crippen LogP contribution is -2.38. The molecule has 0 aliphatic heterocycles. The molecule has 1 nitrogen and oxygen atoms in total. The van der Waals surface area contributed by atoms with Crippen LogP contribution in [0, 0.1) is 5.92 Å². The van der Waals surface area contributed by atoms with Crippen molar-refractivity contribution in [1.82, 2.24) is 5.32 Å². The molecule has 2 aliphatic carbocycles. The highest BCUT2D eigenvalue weighted by Crippen LogP contribution is 2.33. The Bertz CT molecular complexity index is 195. The van der Waals surface area contributed by atoms with Gasteiger partial charge >= 0.3 is 0 Å². The Hall–Kier alpha value is 0.310. The van der Waals surface area contributed by atoms with E-state index in [2.05, 4.69) is 24.0 Å². The van der Waals surface area contributed by atoms with E-state index in [1.54, 1.807) is 0 Å². The molecule has 0 radical (unpaired) electrons. The van der Waals surface area contributed by atoms with Gasteiger partial charge in [0.2, 0.25) is 0 Å². The summed E-state index contributed by atoms with van der Waals surface area (Å²) in [5, 5.41) is 4.80. The van der Waals surface area contributed by atoms with E-state index >= 15 is 0 Å². The summed E-state index contributed by atoms with van der Waals surface area (Å²) < 4.78 is 0. The normalized spacial score (nSPS) is 24.5. The van der Waals surface area contributed by atoms with E-state index in [4.69, 9.17) is 0 Å². The Morgan fingerprint density at radius 2 is 1.71 bits per heavy atom. The van der Waals surface area contributed by atoms with Gasteiger partial charge in [0.1, 0.15) is 0 Å². The van der Waals surface area contributed by atoms with E-state index in [1.807, 2.05) is 0 Å². The number of hydrogen-bond donors (Lipinski definition) is 1. The Morgan fingerprint density at radius 3 is 2.35 bits per heavy atom. The van der Waals surface area contributed by atoms with Crippen molar-refractivity contribution in [3.8, 4) is 0 Å². The van der Waals surface area contributed by atoms with Crippen LogP contribution in [0.5, 0.6) is 0 Å². The molecule has 0 saturated heterocycles. The third-order valence-corrected chi connectivity index (χ3v) is 5.93. The lowest BCUT2D eigenvalue weighted by Gasteiger charge is -2.25. The molecular formula is C15H29NS. The molecule has 2 saturated carbocycles. The predicted octanol–water partition coefficient (Wildman–Crippen LogP) is 4.22. The minimum atomic E-state index is 0.808. The molecule has 0 bridgehead atoms. The highest BCUT2D eigenvalue weighted by molar-refractivity contribution is 7.99. The molecule has 0 aromatic rings. The maximum atomic E-state index is 3.81. The number of rotatable bonds is 7. The highest BCUT2D eigenvalue weighted by Gasteiger charge is 2.26. The first kappa shape index (κ1) is 13.7. The lowest BCUT2D eigenvalue weighted by molar-refractivity contribution is 0.387. The number of hydrogen-bond acceptors (Lipinski definition) is 2. The van der Waals surface area contributed by atoms with Crippen LogP contribution in [-0.4, -0.2) is 23.6 Å². The second kappa shape index (κ2) is 7.68. The third kappa shape index (κ3) is 4.48.